The summed E-state index contributed by atoms with van der Waals surface area (Å²) in [6, 6.07) is 0. The molecule has 0 saturated carbocycles. The van der Waals surface area contributed by atoms with Crippen LogP contribution in [0.5, 0.6) is 0 Å². The summed E-state index contributed by atoms with van der Waals surface area (Å²) >= 11 is 8.94. The summed E-state index contributed by atoms with van der Waals surface area (Å²) in [7, 11) is 0. The number of hydrogen-bond donors (Lipinski definition) is 0. The van der Waals surface area contributed by atoms with Crippen LogP contribution in [0.2, 0.25) is 0 Å². The van der Waals surface area contributed by atoms with Crippen LogP contribution in [0, 0.1) is 6.57 Å². The number of carbonyl (C=O) groups excluding carboxylic acids is 1. The number of rotatable bonds is 2. The highest BCUT2D eigenvalue weighted by atomic mass is 32.2. The Labute approximate surface area is 76.1 Å². The van der Waals surface area contributed by atoms with E-state index in [0.717, 1.165) is 0 Å². The molecule has 0 spiro atoms. The van der Waals surface area contributed by atoms with E-state index in [9.17, 15) is 4.79 Å². The van der Waals surface area contributed by atoms with Crippen LogP contribution in [0.25, 0.3) is 4.85 Å². The zero-order chi connectivity index (χ0) is 8.85. The minimum absolute atomic E-state index is 0.140. The van der Waals surface area contributed by atoms with Crippen LogP contribution < -0.4 is 0 Å². The first kappa shape index (κ1) is 10.1. The highest BCUT2D eigenvalue weighted by Gasteiger charge is 2.05. The first-order valence-corrected chi connectivity index (χ1v) is 3.58. The Morgan fingerprint density at radius 3 is 2.45 bits per heavy atom. The minimum atomic E-state index is -0.734. The van der Waals surface area contributed by atoms with Gasteiger partial charge in [-0.2, -0.15) is 0 Å². The zero-order valence-electron chi connectivity index (χ0n) is 5.79. The Bertz CT molecular complexity index is 225. The monoisotopic (exact) mass is 187 g/mol. The van der Waals surface area contributed by atoms with E-state index < -0.39 is 5.97 Å². The summed E-state index contributed by atoms with van der Waals surface area (Å²) < 4.78 is 4.37. The molecule has 60 valence electrons. The van der Waals surface area contributed by atoms with Gasteiger partial charge in [0.2, 0.25) is 5.70 Å². The van der Waals surface area contributed by atoms with Gasteiger partial charge in [-0.05, 0) is 6.92 Å². The van der Waals surface area contributed by atoms with Crippen molar-refractivity contribution in [2.75, 3.05) is 6.61 Å². The predicted octanol–water partition coefficient (Wildman–Crippen LogP) is 0.732. The van der Waals surface area contributed by atoms with Gasteiger partial charge in [0.15, 0.2) is 0 Å². The summed E-state index contributed by atoms with van der Waals surface area (Å²) in [5.74, 6) is -0.734. The van der Waals surface area contributed by atoms with Crippen LogP contribution in [0.15, 0.2) is 9.93 Å². The van der Waals surface area contributed by atoms with Gasteiger partial charge in [-0.1, -0.05) is 0 Å². The van der Waals surface area contributed by atoms with E-state index in [1.165, 1.54) is 0 Å². The maximum atomic E-state index is 10.8. The number of hydrogen-bond acceptors (Lipinski definition) is 4. The molecular formula is C6H5NO2S2-2. The lowest BCUT2D eigenvalue weighted by Gasteiger charge is -2.20. The molecule has 0 saturated heterocycles. The topological polar surface area (TPSA) is 30.7 Å². The third kappa shape index (κ3) is 3.16. The van der Waals surface area contributed by atoms with E-state index in [-0.39, 0.29) is 16.5 Å². The fourth-order valence-corrected chi connectivity index (χ4v) is 0.632. The molecule has 0 heterocycles. The Morgan fingerprint density at radius 2 is 2.18 bits per heavy atom. The molecule has 0 radical (unpaired) electrons. The SMILES string of the molecule is [C-]#[N+]C(C(=O)OCC)=C([S-])[S-]. The number of esters is 1. The average molecular weight is 187 g/mol. The van der Waals surface area contributed by atoms with Gasteiger partial charge in [0.05, 0.1) is 13.2 Å². The molecule has 0 N–H and O–H groups in total. The lowest BCUT2D eigenvalue weighted by atomic mass is 10.5. The maximum Gasteiger partial charge on any atom is 0.332 e. The van der Waals surface area contributed by atoms with Crippen LogP contribution in [0.4, 0.5) is 0 Å². The lowest BCUT2D eigenvalue weighted by Crippen LogP contribution is -2.06. The van der Waals surface area contributed by atoms with Gasteiger partial charge in [0.1, 0.15) is 0 Å². The molecule has 0 rings (SSSR count). The van der Waals surface area contributed by atoms with Crippen molar-refractivity contribution in [3.05, 3.63) is 21.4 Å². The van der Waals surface area contributed by atoms with Gasteiger partial charge in [0.25, 0.3) is 0 Å². The molecule has 0 atom stereocenters. The molecule has 3 nitrogen and oxygen atoms in total. The minimum Gasteiger partial charge on any atom is -0.819 e. The fraction of sp³-hybridized carbons (Fsp3) is 0.333. The third-order valence-corrected chi connectivity index (χ3v) is 1.16. The van der Waals surface area contributed by atoms with Crippen molar-refractivity contribution < 1.29 is 9.53 Å². The molecule has 0 unspecified atom stereocenters. The average Bonchev–Trinajstić information content (AvgIpc) is 1.88. The molecule has 0 fully saturated rings. The van der Waals surface area contributed by atoms with Gasteiger partial charge in [0, 0.05) is 0 Å². The molecule has 0 aliphatic carbocycles. The Kier molecular flexibility index (Phi) is 4.50. The Hall–Kier alpha value is -0.860. The van der Waals surface area contributed by atoms with Crippen molar-refractivity contribution in [3.8, 4) is 0 Å². The summed E-state index contributed by atoms with van der Waals surface area (Å²) in [5.41, 5.74) is -0.281. The van der Waals surface area contributed by atoms with Crippen molar-refractivity contribution in [1.29, 1.82) is 0 Å². The standard InChI is InChI=1S/C6H7NO2S2/c1-3-9-5(8)4(7-2)6(10)11/h10-11H,3H2,1H3/p-2. The van der Waals surface area contributed by atoms with Crippen molar-refractivity contribution in [2.24, 2.45) is 0 Å². The van der Waals surface area contributed by atoms with Gasteiger partial charge >= 0.3 is 5.97 Å². The van der Waals surface area contributed by atoms with Crippen LogP contribution in [-0.2, 0) is 34.8 Å². The van der Waals surface area contributed by atoms with E-state index in [0.29, 0.717) is 0 Å². The summed E-state index contributed by atoms with van der Waals surface area (Å²) in [6.07, 6.45) is 0. The molecule has 0 bridgehead atoms. The summed E-state index contributed by atoms with van der Waals surface area (Å²) in [6.45, 7) is 8.39. The fourth-order valence-electron chi connectivity index (χ4n) is 0.374. The second kappa shape index (κ2) is 4.88. The maximum absolute atomic E-state index is 10.8. The van der Waals surface area contributed by atoms with Crippen molar-refractivity contribution in [3.63, 3.8) is 0 Å². The van der Waals surface area contributed by atoms with Crippen LogP contribution in [-0.4, -0.2) is 12.6 Å². The van der Waals surface area contributed by atoms with E-state index in [1.54, 1.807) is 6.92 Å². The largest absolute Gasteiger partial charge is 0.819 e. The Morgan fingerprint density at radius 1 is 1.64 bits per heavy atom. The molecule has 0 aromatic carbocycles. The van der Waals surface area contributed by atoms with Crippen LogP contribution in [0.3, 0.4) is 0 Å². The van der Waals surface area contributed by atoms with Crippen molar-refractivity contribution in [1.82, 2.24) is 0 Å². The van der Waals surface area contributed by atoms with Crippen LogP contribution in [0.1, 0.15) is 6.92 Å². The molecule has 0 aromatic rings. The van der Waals surface area contributed by atoms with E-state index in [4.69, 9.17) is 6.57 Å². The number of ether oxygens (including phenoxy) is 1. The van der Waals surface area contributed by atoms with Gasteiger partial charge in [-0.15, -0.1) is 0 Å². The van der Waals surface area contributed by atoms with Crippen LogP contribution >= 0.6 is 0 Å². The summed E-state index contributed by atoms with van der Waals surface area (Å²) in [5, 5.41) is 0. The number of carbonyl (C=O) groups is 1. The van der Waals surface area contributed by atoms with Crippen molar-refractivity contribution in [2.45, 2.75) is 6.92 Å². The van der Waals surface area contributed by atoms with Crippen molar-refractivity contribution >= 4 is 31.2 Å². The van der Waals surface area contributed by atoms with Gasteiger partial charge < -0.3 is 34.2 Å². The molecular weight excluding hydrogens is 182 g/mol. The normalized spacial score (nSPS) is 8.00. The molecule has 0 aliphatic heterocycles. The second-order valence-corrected chi connectivity index (χ2v) is 2.54. The third-order valence-electron chi connectivity index (χ3n) is 0.774. The first-order valence-electron chi connectivity index (χ1n) is 2.76. The molecule has 11 heavy (non-hydrogen) atoms. The molecule has 0 aliphatic rings. The highest BCUT2D eigenvalue weighted by molar-refractivity contribution is 7.84. The Balaban J connectivity index is 4.45. The van der Waals surface area contributed by atoms with Gasteiger partial charge in [-0.25, -0.2) is 4.85 Å². The zero-order valence-corrected chi connectivity index (χ0v) is 7.42. The quantitative estimate of drug-likeness (QED) is 0.276. The second-order valence-electron chi connectivity index (χ2n) is 1.47. The van der Waals surface area contributed by atoms with E-state index in [1.807, 2.05) is 0 Å². The molecule has 0 aromatic heterocycles. The predicted molar refractivity (Wildman–Crippen MR) is 45.0 cm³/mol. The highest BCUT2D eigenvalue weighted by Crippen LogP contribution is 2.04. The van der Waals surface area contributed by atoms with E-state index >= 15 is 0 Å². The summed E-state index contributed by atoms with van der Waals surface area (Å²) in [4.78, 5) is 13.6. The first-order chi connectivity index (χ1) is 5.13. The number of nitrogens with zero attached hydrogens (tertiary/aromatic N) is 1. The molecule has 0 amide bonds. The lowest BCUT2D eigenvalue weighted by molar-refractivity contribution is -0.138. The van der Waals surface area contributed by atoms with Gasteiger partial charge in [-0.3, -0.25) is 4.79 Å². The smallest absolute Gasteiger partial charge is 0.332 e. The van der Waals surface area contributed by atoms with E-state index in [2.05, 4.69) is 34.8 Å². The molecule has 5 heteroatoms.